The summed E-state index contributed by atoms with van der Waals surface area (Å²) in [6, 6.07) is 7.75. The van der Waals surface area contributed by atoms with Gasteiger partial charge in [0.25, 0.3) is 0 Å². The molecule has 1 N–H and O–H groups in total. The van der Waals surface area contributed by atoms with Crippen LogP contribution >= 0.6 is 11.6 Å². The molecule has 2 aliphatic heterocycles. The van der Waals surface area contributed by atoms with E-state index in [0.29, 0.717) is 6.10 Å². The third-order valence-electron chi connectivity index (χ3n) is 5.13. The van der Waals surface area contributed by atoms with Gasteiger partial charge in [-0.3, -0.25) is 0 Å². The molecule has 0 atom stereocenters. The number of likely N-dealkylation sites (tertiary alicyclic amines) is 2. The maximum absolute atomic E-state index is 9.00. The molecule has 0 radical (unpaired) electrons. The summed E-state index contributed by atoms with van der Waals surface area (Å²) in [6.07, 6.45) is 8.43. The number of nitrogens with zero attached hydrogens (tertiary/aromatic N) is 2. The molecule has 2 aliphatic rings. The van der Waals surface area contributed by atoms with Crippen LogP contribution < -0.4 is 0 Å². The number of ether oxygens (including phenoxy) is 1. The van der Waals surface area contributed by atoms with Gasteiger partial charge in [-0.1, -0.05) is 36.7 Å². The molecule has 32 heavy (non-hydrogen) atoms. The topological polar surface area (TPSA) is 35.9 Å². The quantitative estimate of drug-likeness (QED) is 0.372. The Labute approximate surface area is 212 Å². The van der Waals surface area contributed by atoms with Crippen molar-refractivity contribution in [3.63, 3.8) is 0 Å². The molecule has 0 unspecified atom stereocenters. The molecule has 6 heteroatoms. The van der Waals surface area contributed by atoms with Crippen molar-refractivity contribution in [2.24, 2.45) is 0 Å². The Morgan fingerprint density at radius 2 is 1.50 bits per heavy atom. The van der Waals surface area contributed by atoms with E-state index < -0.39 is 0 Å². The zero-order valence-corrected chi connectivity index (χ0v) is 23.1. The first-order valence-corrected chi connectivity index (χ1v) is 12.7. The number of hydrogen-bond acceptors (Lipinski definition) is 4. The molecule has 2 fully saturated rings. The first kappa shape index (κ1) is 31.4. The maximum atomic E-state index is 9.00. The number of aliphatic hydroxyl groups excluding tert-OH is 1. The van der Waals surface area contributed by atoms with Crippen molar-refractivity contribution >= 4 is 15.7 Å². The molecule has 2 heterocycles. The molecular weight excluding hydrogens is 592 g/mol. The van der Waals surface area contributed by atoms with Gasteiger partial charge < -0.3 is 10.0 Å². The second-order valence-corrected chi connectivity index (χ2v) is 10.2. The summed E-state index contributed by atoms with van der Waals surface area (Å²) >= 11 is 6.97. The monoisotopic (exact) mass is 633 g/mol. The van der Waals surface area contributed by atoms with Crippen LogP contribution in [0.15, 0.2) is 42.0 Å². The summed E-state index contributed by atoms with van der Waals surface area (Å²) in [5.41, 5.74) is 2.06. The van der Waals surface area contributed by atoms with Crippen molar-refractivity contribution in [2.45, 2.75) is 59.2 Å². The van der Waals surface area contributed by atoms with E-state index in [4.69, 9.17) is 28.0 Å². The number of halogens is 1. The SMILES string of the molecule is C.CN1CCC(O)CC1.Cc1ccc(Cl)cc1.[CH-]=C(C)C=C[C](=[W])OC1CCN(C)CC1. The van der Waals surface area contributed by atoms with E-state index in [1.165, 1.54) is 24.9 Å². The van der Waals surface area contributed by atoms with Gasteiger partial charge in [0.2, 0.25) is 0 Å². The molecule has 1 aromatic rings. The van der Waals surface area contributed by atoms with Crippen molar-refractivity contribution in [1.82, 2.24) is 9.80 Å². The predicted molar refractivity (Wildman–Crippen MR) is 135 cm³/mol. The van der Waals surface area contributed by atoms with Crippen LogP contribution in [0.1, 0.15) is 45.6 Å². The Morgan fingerprint density at radius 3 is 1.91 bits per heavy atom. The number of aryl methyl sites for hydroxylation is 1. The average molecular weight is 634 g/mol. The summed E-state index contributed by atoms with van der Waals surface area (Å²) in [4.78, 5) is 4.59. The Kier molecular flexibility index (Phi) is 17.5. The zero-order chi connectivity index (χ0) is 23.2. The van der Waals surface area contributed by atoms with Gasteiger partial charge in [-0.05, 0) is 38.9 Å². The molecule has 0 bridgehead atoms. The Balaban J connectivity index is 0.000000480. The third-order valence-corrected chi connectivity index (χ3v) is 6.22. The normalized spacial score (nSPS) is 18.1. The van der Waals surface area contributed by atoms with E-state index in [2.05, 4.69) is 23.9 Å². The van der Waals surface area contributed by atoms with Crippen LogP contribution in [0, 0.1) is 13.5 Å². The molecule has 0 spiro atoms. The molecule has 2 saturated heterocycles. The summed E-state index contributed by atoms with van der Waals surface area (Å²) in [6.45, 7) is 13.9. The number of aliphatic hydroxyl groups is 1. The molecule has 0 saturated carbocycles. The number of benzene rings is 1. The van der Waals surface area contributed by atoms with Gasteiger partial charge in [0.15, 0.2) is 0 Å². The van der Waals surface area contributed by atoms with Gasteiger partial charge in [0.05, 0.1) is 6.10 Å². The summed E-state index contributed by atoms with van der Waals surface area (Å²) < 4.78 is 6.90. The van der Waals surface area contributed by atoms with Crippen molar-refractivity contribution in [3.05, 3.63) is 59.2 Å². The average Bonchev–Trinajstić information content (AvgIpc) is 2.73. The second kappa shape index (κ2) is 17.8. The first-order chi connectivity index (χ1) is 14.7. The molecular formula is C26H42ClN2O2W-. The fourth-order valence-electron chi connectivity index (χ4n) is 3.03. The van der Waals surface area contributed by atoms with Crippen molar-refractivity contribution in [2.75, 3.05) is 40.3 Å². The van der Waals surface area contributed by atoms with E-state index in [1.54, 1.807) is 0 Å². The van der Waals surface area contributed by atoms with Crippen molar-refractivity contribution in [1.29, 1.82) is 0 Å². The van der Waals surface area contributed by atoms with Gasteiger partial charge in [0, 0.05) is 18.1 Å². The minimum atomic E-state index is -0.0220. The van der Waals surface area contributed by atoms with Crippen LogP contribution in [0.2, 0.25) is 5.02 Å². The zero-order valence-electron chi connectivity index (χ0n) is 19.4. The van der Waals surface area contributed by atoms with Gasteiger partial charge >= 0.3 is 103 Å². The van der Waals surface area contributed by atoms with Gasteiger partial charge in [-0.25, -0.2) is 0 Å². The van der Waals surface area contributed by atoms with E-state index in [9.17, 15) is 0 Å². The van der Waals surface area contributed by atoms with Gasteiger partial charge in [0.1, 0.15) is 0 Å². The number of rotatable bonds is 4. The van der Waals surface area contributed by atoms with E-state index >= 15 is 0 Å². The predicted octanol–water partition coefficient (Wildman–Crippen LogP) is 5.07. The van der Waals surface area contributed by atoms with Gasteiger partial charge in [-0.2, -0.15) is 0 Å². The van der Waals surface area contributed by atoms with Crippen LogP contribution in [-0.2, 0) is 24.1 Å². The minimum absolute atomic E-state index is 0. The van der Waals surface area contributed by atoms with Crippen LogP contribution in [0.3, 0.4) is 0 Å². The molecule has 182 valence electrons. The van der Waals surface area contributed by atoms with E-state index in [-0.39, 0.29) is 13.5 Å². The molecule has 1 aromatic carbocycles. The number of piperidine rings is 2. The van der Waals surface area contributed by atoms with Crippen molar-refractivity contribution < 1.29 is 29.2 Å². The van der Waals surface area contributed by atoms with Crippen molar-refractivity contribution in [3.8, 4) is 0 Å². The molecule has 4 nitrogen and oxygen atoms in total. The fourth-order valence-corrected chi connectivity index (χ4v) is 3.89. The van der Waals surface area contributed by atoms with Crippen LogP contribution in [0.4, 0.5) is 0 Å². The molecule has 0 amide bonds. The molecule has 0 aromatic heterocycles. The number of hydrogen-bond donors (Lipinski definition) is 1. The fraction of sp³-hybridized carbons (Fsp3) is 0.577. The Hall–Kier alpha value is -0.612. The summed E-state index contributed by atoms with van der Waals surface area (Å²) in [7, 11) is 4.25. The summed E-state index contributed by atoms with van der Waals surface area (Å²) in [5, 5.41) is 9.80. The van der Waals surface area contributed by atoms with E-state index in [1.807, 2.05) is 50.3 Å². The molecule has 0 aliphatic carbocycles. The standard InChI is InChI=1S/C12H18NO.C7H7Cl.C6H13NO.CH4.W/c1-11(2)5-4-10-14-12-6-8-13(3)9-7-12;1-6-2-4-7(8)5-3-6;1-7-4-2-6(8)3-5-7;;/h1,4-5,12H,6-9H2,2-3H3;2-5H,1H3;6,8H,2-5H2,1H3;1H4;/q-1;;;;. The Bertz CT molecular complexity index is 647. The number of allylic oxidation sites excluding steroid dienone is 2. The van der Waals surface area contributed by atoms with Gasteiger partial charge in [-0.15, -0.1) is 0 Å². The van der Waals surface area contributed by atoms with Crippen LogP contribution in [0.5, 0.6) is 0 Å². The third kappa shape index (κ3) is 16.1. The van der Waals surface area contributed by atoms with Crippen LogP contribution in [-0.4, -0.2) is 71.5 Å². The van der Waals surface area contributed by atoms with Crippen LogP contribution in [0.25, 0.3) is 0 Å². The first-order valence-electron chi connectivity index (χ1n) is 10.9. The summed E-state index contributed by atoms with van der Waals surface area (Å²) in [5.74, 6) is 0. The second-order valence-electron chi connectivity index (χ2n) is 8.35. The molecule has 3 rings (SSSR count). The van der Waals surface area contributed by atoms with E-state index in [0.717, 1.165) is 66.5 Å². The Morgan fingerprint density at radius 1 is 1.03 bits per heavy atom.